The van der Waals surface area contributed by atoms with E-state index in [1.165, 1.54) is 0 Å². The Balaban J connectivity index is 0. The molecular formula is Rh123. The smallest absolute Gasteiger partial charge is 0 e. The molecule has 123 radical (unpaired) electrons. The second-order valence-corrected chi connectivity index (χ2v) is 0. The van der Waals surface area contributed by atoms with E-state index in [4.69, 9.17) is 0 Å². The van der Waals surface area contributed by atoms with Crippen LogP contribution in [0.4, 0.5) is 0 Å². The van der Waals surface area contributed by atoms with E-state index in [1.807, 2.05) is 0 Å². The van der Waals surface area contributed by atoms with Gasteiger partial charge in [0.15, 0.2) is 0 Å². The summed E-state index contributed by atoms with van der Waals surface area (Å²) in [5, 5.41) is 0. The summed E-state index contributed by atoms with van der Waals surface area (Å²) in [5.41, 5.74) is 0. The van der Waals surface area contributed by atoms with Crippen LogP contribution >= 0.6 is 0 Å². The van der Waals surface area contributed by atoms with Gasteiger partial charge in [0.25, 0.3) is 0 Å². The van der Waals surface area contributed by atoms with Gasteiger partial charge in [0.05, 0.1) is 0 Å². The van der Waals surface area contributed by atoms with E-state index >= 15 is 0 Å². The zero-order valence-corrected chi connectivity index (χ0v) is 243. The van der Waals surface area contributed by atoms with Crippen LogP contribution in [0.3, 0.4) is 0 Å². The van der Waals surface area contributed by atoms with Gasteiger partial charge in [-0.15, -0.1) is 0 Å². The minimum absolute atomic E-state index is 0. The van der Waals surface area contributed by atoms with E-state index in [-0.39, 0.29) is 2400 Å². The first-order valence-electron chi connectivity index (χ1n) is 0. The van der Waals surface area contributed by atoms with Crippen LogP contribution in [0.5, 0.6) is 0 Å². The molecule has 123 heteroatoms. The fourth-order valence-electron chi connectivity index (χ4n) is 0. The Morgan fingerprint density at radius 2 is 0.00813 bits per heavy atom. The van der Waals surface area contributed by atoms with Crippen LogP contribution in [-0.4, -0.2) is 0 Å². The van der Waals surface area contributed by atoms with E-state index in [2.05, 4.69) is 0 Å². The van der Waals surface area contributed by atoms with Crippen LogP contribution in [0.25, 0.3) is 0 Å². The minimum Gasteiger partial charge on any atom is 0 e. The molecule has 0 atom stereocenters. The molecule has 0 heterocycles. The molecule has 0 nitrogen and oxygen atoms in total. The number of hydrogen-bond acceptors (Lipinski definition) is 0. The van der Waals surface area contributed by atoms with Crippen molar-refractivity contribution in [1.82, 2.24) is 0 Å². The number of hydrogen-bond donors (Lipinski definition) is 0. The largest absolute Gasteiger partial charge is 0 e. The Hall–Kier alpha value is 76.7. The molecule has 0 aromatic carbocycles. The average Bonchev–Trinajstić information content (AvgIpc) is 0. The molecule has 0 N–H and O–H groups in total. The van der Waals surface area contributed by atoms with Crippen molar-refractivity contribution in [2.24, 2.45) is 0 Å². The monoisotopic (exact) mass is 12700 g/mol. The van der Waals surface area contributed by atoms with Gasteiger partial charge in [-0.1, -0.05) is 0 Å². The van der Waals surface area contributed by atoms with Gasteiger partial charge in [0, 0.05) is 2400 Å². The molecule has 0 bridgehead atoms. The van der Waals surface area contributed by atoms with Crippen LogP contribution in [0, 0.1) is 0 Å². The SMILES string of the molecule is [Rh].[Rh].[Rh].[Rh].[Rh].[Rh].[Rh].[Rh].[Rh].[Rh].[Rh].[Rh].[Rh].[Rh].[Rh].[Rh].[Rh].[Rh].[Rh].[Rh].[Rh].[Rh].[Rh].[Rh].[Rh].[Rh].[Rh].[Rh].[Rh].[Rh].[Rh].[Rh].[Rh].[Rh].[Rh].[Rh].[Rh].[Rh].[Rh].[Rh].[Rh].[Rh].[Rh].[Rh].[Rh].[Rh].[Rh].[Rh].[Rh].[Rh].[Rh].[Rh].[Rh].[Rh].[Rh].[Rh].[Rh].[Rh].[Rh].[Rh].[Rh].[Rh].[Rh].[Rh].[Rh].[Rh].[Rh].[Rh].[Rh].[Rh].[Rh].[Rh].[Rh].[Rh].[Rh].[Rh].[Rh].[Rh].[Rh].[Rh].[Rh].[Rh].[Rh].[Rh].[Rh].[Rh].[Rh].[Rh].[Rh].[Rh].[Rh].[Rh].[Rh].[Rh].[Rh].[Rh].[Rh].[Rh].[Rh].[Rh].[Rh].[Rh].[Rh].[Rh].[Rh].[Rh].[Rh].[Rh].[Rh].[Rh].[Rh].[Rh].[Rh].[Rh].[Rh].[Rh].[Rh].[Rh].[Rh].[Rh].[Rh].[Rh].[Rh]. The Morgan fingerprint density at radius 3 is 0.00813 bits per heavy atom. The molecule has 0 fully saturated rings. The average molecular weight is 12700 g/mol. The summed E-state index contributed by atoms with van der Waals surface area (Å²) in [5.74, 6) is 0. The Bertz CT molecular complexity index is 0. The van der Waals surface area contributed by atoms with Gasteiger partial charge in [-0.05, 0) is 0 Å². The maximum absolute atomic E-state index is 0. The Morgan fingerprint density at radius 1 is 0.00813 bits per heavy atom. The minimum atomic E-state index is 0. The molecule has 0 spiro atoms. The van der Waals surface area contributed by atoms with Crippen molar-refractivity contribution in [2.75, 3.05) is 0 Å². The standard InChI is InChI=1S/123Rh. The molecule has 0 aliphatic rings. The van der Waals surface area contributed by atoms with E-state index in [1.54, 1.807) is 0 Å². The first kappa shape index (κ1) is 1340. The van der Waals surface area contributed by atoms with E-state index in [0.29, 0.717) is 0 Å². The molecule has 0 rings (SSSR count). The molecule has 0 saturated heterocycles. The summed E-state index contributed by atoms with van der Waals surface area (Å²) in [7, 11) is 0. The molecule has 1107 valence electrons. The topological polar surface area (TPSA) is 0 Å². The summed E-state index contributed by atoms with van der Waals surface area (Å²) in [4.78, 5) is 0. The first-order chi connectivity index (χ1) is 0. The third-order valence-corrected chi connectivity index (χ3v) is 0. The molecule has 123 heavy (non-hydrogen) atoms. The second-order valence-electron chi connectivity index (χ2n) is 0. The summed E-state index contributed by atoms with van der Waals surface area (Å²) in [6.07, 6.45) is 0. The van der Waals surface area contributed by atoms with Crippen LogP contribution < -0.4 is 0 Å². The molecule has 0 aromatic rings. The zero-order valence-electron chi connectivity index (χ0n) is 41.0. The van der Waals surface area contributed by atoms with Crippen LogP contribution in [-0.2, 0) is 2400 Å². The van der Waals surface area contributed by atoms with Gasteiger partial charge >= 0.3 is 0 Å². The molecule has 0 aliphatic carbocycles. The number of rotatable bonds is 0. The van der Waals surface area contributed by atoms with Crippen molar-refractivity contribution in [3.8, 4) is 0 Å². The van der Waals surface area contributed by atoms with Crippen molar-refractivity contribution >= 4 is 0 Å². The molecule has 0 amide bonds. The molecule has 0 aliphatic heterocycles. The normalized spacial score (nSPS) is 0. The van der Waals surface area contributed by atoms with Crippen molar-refractivity contribution in [2.45, 2.75) is 0 Å². The Labute approximate surface area is 2320 Å². The molecular weight excluding hydrogens is 12700 g/mol. The fourth-order valence-corrected chi connectivity index (χ4v) is 0. The van der Waals surface area contributed by atoms with Gasteiger partial charge in [-0.2, -0.15) is 0 Å². The molecule has 0 saturated carbocycles. The molecule has 0 unspecified atom stereocenters. The van der Waals surface area contributed by atoms with Crippen LogP contribution in [0.15, 0.2) is 0 Å². The summed E-state index contributed by atoms with van der Waals surface area (Å²) in [6.45, 7) is 0. The van der Waals surface area contributed by atoms with Crippen LogP contribution in [0.2, 0.25) is 0 Å². The molecule has 0 aromatic heterocycles. The summed E-state index contributed by atoms with van der Waals surface area (Å²) in [6, 6.07) is 0. The zero-order chi connectivity index (χ0) is 0. The van der Waals surface area contributed by atoms with E-state index in [0.717, 1.165) is 0 Å². The van der Waals surface area contributed by atoms with Crippen molar-refractivity contribution < 1.29 is 2400 Å². The predicted octanol–water partition coefficient (Wildman–Crippen LogP) is -0.308. The van der Waals surface area contributed by atoms with Crippen molar-refractivity contribution in [1.29, 1.82) is 0 Å². The van der Waals surface area contributed by atoms with Gasteiger partial charge in [-0.25, -0.2) is 0 Å². The second kappa shape index (κ2) is 1320. The third-order valence-electron chi connectivity index (χ3n) is 0. The van der Waals surface area contributed by atoms with E-state index < -0.39 is 0 Å². The Kier molecular flexibility index (Phi) is 14400. The quantitative estimate of drug-likeness (QED) is 0.293. The first-order valence-corrected chi connectivity index (χ1v) is 0. The van der Waals surface area contributed by atoms with Gasteiger partial charge in [-0.3, -0.25) is 0 Å². The fraction of sp³-hybridized carbons (Fsp3) is 0. The van der Waals surface area contributed by atoms with Gasteiger partial charge in [0.1, 0.15) is 0 Å². The van der Waals surface area contributed by atoms with Crippen LogP contribution in [0.1, 0.15) is 0 Å². The van der Waals surface area contributed by atoms with Crippen molar-refractivity contribution in [3.63, 3.8) is 0 Å². The maximum Gasteiger partial charge on any atom is 0 e. The third kappa shape index (κ3) is 1310. The van der Waals surface area contributed by atoms with E-state index in [9.17, 15) is 0 Å². The predicted molar refractivity (Wildman–Crippen MR) is 0 cm³/mol. The maximum atomic E-state index is 0. The summed E-state index contributed by atoms with van der Waals surface area (Å²) >= 11 is 0. The summed E-state index contributed by atoms with van der Waals surface area (Å²) < 4.78 is 0. The van der Waals surface area contributed by atoms with Gasteiger partial charge < -0.3 is 0 Å². The van der Waals surface area contributed by atoms with Gasteiger partial charge in [0.2, 0.25) is 0 Å². The van der Waals surface area contributed by atoms with Crippen molar-refractivity contribution in [3.05, 3.63) is 0 Å².